The maximum atomic E-state index is 12.5. The van der Waals surface area contributed by atoms with Crippen molar-refractivity contribution in [1.82, 2.24) is 24.9 Å². The van der Waals surface area contributed by atoms with E-state index >= 15 is 0 Å². The van der Waals surface area contributed by atoms with E-state index in [0.29, 0.717) is 17.8 Å². The summed E-state index contributed by atoms with van der Waals surface area (Å²) in [6.45, 7) is 2.07. The molecular formula is C16H14F3N5O. The number of hydrogen-bond acceptors (Lipinski definition) is 4. The zero-order valence-electron chi connectivity index (χ0n) is 13.2. The Bertz CT molecular complexity index is 902. The molecule has 6 nitrogen and oxygen atoms in total. The van der Waals surface area contributed by atoms with Gasteiger partial charge in [-0.3, -0.25) is 4.79 Å². The van der Waals surface area contributed by atoms with Crippen molar-refractivity contribution in [2.45, 2.75) is 19.5 Å². The molecule has 0 atom stereocenters. The second-order valence-electron chi connectivity index (χ2n) is 5.43. The summed E-state index contributed by atoms with van der Waals surface area (Å²) in [5, 5.41) is 6.73. The topological polar surface area (TPSA) is 72.2 Å². The van der Waals surface area contributed by atoms with Crippen molar-refractivity contribution in [2.24, 2.45) is 0 Å². The Hall–Kier alpha value is -2.97. The van der Waals surface area contributed by atoms with Gasteiger partial charge in [-0.15, -0.1) is 5.10 Å². The molecule has 0 aliphatic rings. The largest absolute Gasteiger partial charge is 0.416 e. The molecule has 9 heteroatoms. The van der Waals surface area contributed by atoms with Crippen LogP contribution in [0.15, 0.2) is 36.5 Å². The fourth-order valence-corrected chi connectivity index (χ4v) is 2.26. The molecule has 3 rings (SSSR count). The van der Waals surface area contributed by atoms with Crippen LogP contribution in [0.3, 0.4) is 0 Å². The molecule has 3 aromatic rings. The zero-order chi connectivity index (χ0) is 18.0. The predicted molar refractivity (Wildman–Crippen MR) is 83.0 cm³/mol. The number of hydrogen-bond donors (Lipinski definition) is 1. The quantitative estimate of drug-likeness (QED) is 0.785. The second kappa shape index (κ2) is 6.50. The summed E-state index contributed by atoms with van der Waals surface area (Å²) in [6.07, 6.45) is -2.38. The molecule has 1 N–H and O–H groups in total. The highest BCUT2D eigenvalue weighted by atomic mass is 19.4. The zero-order valence-corrected chi connectivity index (χ0v) is 13.2. The number of rotatable bonds is 4. The number of aryl methyl sites for hydroxylation is 1. The third kappa shape index (κ3) is 3.76. The Labute approximate surface area is 140 Å². The Morgan fingerprint density at radius 3 is 2.56 bits per heavy atom. The van der Waals surface area contributed by atoms with Crippen LogP contribution in [0.25, 0.3) is 5.78 Å². The number of benzene rings is 1. The number of halogens is 3. The van der Waals surface area contributed by atoms with E-state index < -0.39 is 17.6 Å². The van der Waals surface area contributed by atoms with Gasteiger partial charge in [0.15, 0.2) is 0 Å². The summed E-state index contributed by atoms with van der Waals surface area (Å²) in [7, 11) is 0. The average Bonchev–Trinajstić information content (AvgIpc) is 3.00. The normalized spacial score (nSPS) is 11.7. The second-order valence-corrected chi connectivity index (χ2v) is 5.43. The summed E-state index contributed by atoms with van der Waals surface area (Å²) < 4.78 is 39.0. The van der Waals surface area contributed by atoms with Crippen LogP contribution in [0.5, 0.6) is 0 Å². The highest BCUT2D eigenvalue weighted by Gasteiger charge is 2.29. The van der Waals surface area contributed by atoms with Gasteiger partial charge in [-0.1, -0.05) is 12.1 Å². The Morgan fingerprint density at radius 2 is 1.92 bits per heavy atom. The lowest BCUT2D eigenvalue weighted by atomic mass is 10.1. The molecule has 0 saturated carbocycles. The molecule has 0 fully saturated rings. The molecular weight excluding hydrogens is 335 g/mol. The summed E-state index contributed by atoms with van der Waals surface area (Å²) in [5.41, 5.74) is 0.784. The van der Waals surface area contributed by atoms with Gasteiger partial charge in [0, 0.05) is 18.4 Å². The molecule has 0 bridgehead atoms. The number of fused-ring (bicyclic) bond motifs is 1. The van der Waals surface area contributed by atoms with Crippen molar-refractivity contribution in [3.8, 4) is 0 Å². The van der Waals surface area contributed by atoms with Gasteiger partial charge in [0.2, 0.25) is 5.82 Å². The van der Waals surface area contributed by atoms with Gasteiger partial charge < -0.3 is 5.32 Å². The molecule has 0 unspecified atom stereocenters. The van der Waals surface area contributed by atoms with Crippen molar-refractivity contribution in [1.29, 1.82) is 0 Å². The lowest BCUT2D eigenvalue weighted by Crippen LogP contribution is -2.26. The van der Waals surface area contributed by atoms with Crippen LogP contribution < -0.4 is 5.32 Å². The van der Waals surface area contributed by atoms with Gasteiger partial charge in [-0.2, -0.15) is 18.2 Å². The van der Waals surface area contributed by atoms with Crippen molar-refractivity contribution < 1.29 is 18.0 Å². The van der Waals surface area contributed by atoms with Gasteiger partial charge in [0.25, 0.3) is 11.7 Å². The van der Waals surface area contributed by atoms with E-state index in [-0.39, 0.29) is 12.4 Å². The van der Waals surface area contributed by atoms with Crippen molar-refractivity contribution >= 4 is 11.7 Å². The number of nitrogens with zero attached hydrogens (tertiary/aromatic N) is 4. The van der Waals surface area contributed by atoms with E-state index in [1.807, 2.05) is 6.92 Å². The first kappa shape index (κ1) is 16.9. The monoisotopic (exact) mass is 349 g/mol. The predicted octanol–water partition coefficient (Wildman–Crippen LogP) is 2.42. The third-order valence-electron chi connectivity index (χ3n) is 3.61. The molecule has 0 spiro atoms. The number of aromatic nitrogens is 4. The first-order chi connectivity index (χ1) is 11.8. The third-order valence-corrected chi connectivity index (χ3v) is 3.61. The maximum Gasteiger partial charge on any atom is 0.416 e. The Balaban J connectivity index is 1.59. The van der Waals surface area contributed by atoms with E-state index in [1.165, 1.54) is 16.6 Å². The van der Waals surface area contributed by atoms with Gasteiger partial charge in [-0.05, 0) is 37.1 Å². The summed E-state index contributed by atoms with van der Waals surface area (Å²) in [5.74, 6) is -0.140. The van der Waals surface area contributed by atoms with Gasteiger partial charge in [-0.25, -0.2) is 9.50 Å². The highest BCUT2D eigenvalue weighted by Crippen LogP contribution is 2.29. The number of carbonyl (C=O) groups is 1. The van der Waals surface area contributed by atoms with Gasteiger partial charge in [0.1, 0.15) is 0 Å². The minimum absolute atomic E-state index is 0.00535. The molecule has 25 heavy (non-hydrogen) atoms. The van der Waals surface area contributed by atoms with E-state index in [2.05, 4.69) is 20.4 Å². The van der Waals surface area contributed by atoms with Crippen LogP contribution >= 0.6 is 0 Å². The number of alkyl halides is 3. The fraction of sp³-hybridized carbons (Fsp3) is 0.250. The van der Waals surface area contributed by atoms with Gasteiger partial charge in [0.05, 0.1) is 5.56 Å². The summed E-state index contributed by atoms with van der Waals surface area (Å²) in [4.78, 5) is 20.1. The molecule has 0 aliphatic heterocycles. The van der Waals surface area contributed by atoms with Crippen molar-refractivity contribution in [3.63, 3.8) is 0 Å². The molecule has 0 aliphatic carbocycles. The first-order valence-corrected chi connectivity index (χ1v) is 7.47. The Kier molecular flexibility index (Phi) is 4.39. The number of carbonyl (C=O) groups excluding carboxylic acids is 1. The van der Waals surface area contributed by atoms with Crippen LogP contribution in [-0.2, 0) is 12.6 Å². The molecule has 1 aromatic carbocycles. The summed E-state index contributed by atoms with van der Waals surface area (Å²) >= 11 is 0. The highest BCUT2D eigenvalue weighted by molar-refractivity contribution is 5.90. The molecule has 0 radical (unpaired) electrons. The van der Waals surface area contributed by atoms with E-state index in [9.17, 15) is 18.0 Å². The van der Waals surface area contributed by atoms with Crippen LogP contribution in [0, 0.1) is 6.92 Å². The van der Waals surface area contributed by atoms with Crippen molar-refractivity contribution in [3.05, 3.63) is 59.2 Å². The van der Waals surface area contributed by atoms with Gasteiger partial charge >= 0.3 is 6.18 Å². The number of nitrogens with one attached hydrogen (secondary N) is 1. The molecule has 1 amide bonds. The standard InChI is InChI=1S/C16H14F3N5O/c1-10-6-8-21-15-22-13(23-24(10)15)14(25)20-9-7-11-2-4-12(5-3-11)16(17,18)19/h2-6,8H,7,9H2,1H3,(H,20,25). The lowest BCUT2D eigenvalue weighted by Gasteiger charge is -2.07. The summed E-state index contributed by atoms with van der Waals surface area (Å²) in [6, 6.07) is 6.58. The first-order valence-electron chi connectivity index (χ1n) is 7.47. The van der Waals surface area contributed by atoms with E-state index in [0.717, 1.165) is 17.8 Å². The SMILES string of the molecule is Cc1ccnc2nc(C(=O)NCCc3ccc(C(F)(F)F)cc3)nn12. The number of amides is 1. The van der Waals surface area contributed by atoms with Crippen molar-refractivity contribution in [2.75, 3.05) is 6.54 Å². The van der Waals surface area contributed by atoms with Crippen LogP contribution in [0.1, 0.15) is 27.4 Å². The fourth-order valence-electron chi connectivity index (χ4n) is 2.26. The minimum Gasteiger partial charge on any atom is -0.349 e. The molecule has 2 aromatic heterocycles. The average molecular weight is 349 g/mol. The molecule has 0 saturated heterocycles. The molecule has 2 heterocycles. The maximum absolute atomic E-state index is 12.5. The van der Waals surface area contributed by atoms with E-state index in [1.54, 1.807) is 12.3 Å². The molecule has 130 valence electrons. The van der Waals surface area contributed by atoms with Crippen LogP contribution in [0.2, 0.25) is 0 Å². The van der Waals surface area contributed by atoms with Crippen LogP contribution in [-0.4, -0.2) is 32.0 Å². The minimum atomic E-state index is -4.35. The Morgan fingerprint density at radius 1 is 1.20 bits per heavy atom. The van der Waals surface area contributed by atoms with Crippen LogP contribution in [0.4, 0.5) is 13.2 Å². The lowest BCUT2D eigenvalue weighted by molar-refractivity contribution is -0.137. The van der Waals surface area contributed by atoms with E-state index in [4.69, 9.17) is 0 Å². The smallest absolute Gasteiger partial charge is 0.349 e.